The molecule has 2 N–H and O–H groups in total. The van der Waals surface area contributed by atoms with Gasteiger partial charge in [0.25, 0.3) is 5.91 Å². The van der Waals surface area contributed by atoms with Gasteiger partial charge < -0.3 is 10.6 Å². The van der Waals surface area contributed by atoms with E-state index in [0.717, 1.165) is 17.7 Å². The molecule has 4 nitrogen and oxygen atoms in total. The third kappa shape index (κ3) is 3.68. The molecule has 2 amide bonds. The molecule has 0 bridgehead atoms. The molecule has 0 atom stereocenters. The summed E-state index contributed by atoms with van der Waals surface area (Å²) in [4.78, 5) is 24.1. The highest BCUT2D eigenvalue weighted by Crippen LogP contribution is 2.15. The molecule has 0 saturated carbocycles. The predicted octanol–water partition coefficient (Wildman–Crippen LogP) is 2.68. The molecule has 5 heteroatoms. The molecule has 0 aliphatic carbocycles. The Morgan fingerprint density at radius 3 is 2.65 bits per heavy atom. The normalized spacial score (nSPS) is 10.1. The topological polar surface area (TPSA) is 58.2 Å². The maximum atomic E-state index is 11.8. The number of carbonyl (C=O) groups excluding carboxylic acids is 2. The molecule has 0 aliphatic heterocycles. The van der Waals surface area contributed by atoms with Crippen LogP contribution in [0.2, 0.25) is 0 Å². The van der Waals surface area contributed by atoms with Gasteiger partial charge in [-0.3, -0.25) is 9.59 Å². The van der Waals surface area contributed by atoms with E-state index in [2.05, 4.69) is 10.6 Å². The van der Waals surface area contributed by atoms with Gasteiger partial charge in [0, 0.05) is 5.69 Å². The molecule has 0 fully saturated rings. The summed E-state index contributed by atoms with van der Waals surface area (Å²) < 4.78 is 0. The molecular formula is C15H16N2O2S. The quantitative estimate of drug-likeness (QED) is 0.888. The third-order valence-corrected chi connectivity index (χ3v) is 3.70. The minimum atomic E-state index is -0.226. The van der Waals surface area contributed by atoms with Crippen LogP contribution in [0.4, 0.5) is 5.69 Å². The molecule has 0 radical (unpaired) electrons. The van der Waals surface area contributed by atoms with Gasteiger partial charge in [0.1, 0.15) is 0 Å². The fraction of sp³-hybridized carbons (Fsp3) is 0.200. The van der Waals surface area contributed by atoms with Gasteiger partial charge in [0.2, 0.25) is 5.91 Å². The summed E-state index contributed by atoms with van der Waals surface area (Å²) in [7, 11) is 0. The number of rotatable bonds is 5. The third-order valence-electron chi connectivity index (χ3n) is 2.83. The molecule has 1 aromatic carbocycles. The Balaban J connectivity index is 1.88. The van der Waals surface area contributed by atoms with Gasteiger partial charge in [0.15, 0.2) is 0 Å². The molecular weight excluding hydrogens is 272 g/mol. The Morgan fingerprint density at radius 1 is 1.15 bits per heavy atom. The van der Waals surface area contributed by atoms with Crippen LogP contribution < -0.4 is 10.6 Å². The van der Waals surface area contributed by atoms with E-state index >= 15 is 0 Å². The minimum Gasteiger partial charge on any atom is -0.342 e. The van der Waals surface area contributed by atoms with E-state index in [1.807, 2.05) is 36.6 Å². The van der Waals surface area contributed by atoms with Gasteiger partial charge in [0.05, 0.1) is 11.4 Å². The Bertz CT molecular complexity index is 594. The van der Waals surface area contributed by atoms with E-state index < -0.39 is 0 Å². The van der Waals surface area contributed by atoms with Crippen molar-refractivity contribution in [2.24, 2.45) is 0 Å². The molecule has 104 valence electrons. The van der Waals surface area contributed by atoms with Crippen molar-refractivity contribution in [1.82, 2.24) is 5.32 Å². The fourth-order valence-electron chi connectivity index (χ4n) is 1.80. The second-order valence-corrected chi connectivity index (χ2v) is 5.17. The van der Waals surface area contributed by atoms with Crippen LogP contribution in [0.5, 0.6) is 0 Å². The van der Waals surface area contributed by atoms with Crippen molar-refractivity contribution < 1.29 is 9.59 Å². The highest BCUT2D eigenvalue weighted by Gasteiger charge is 2.09. The van der Waals surface area contributed by atoms with Crippen LogP contribution >= 0.6 is 11.3 Å². The second kappa shape index (κ2) is 6.86. The number of hydrogen-bond acceptors (Lipinski definition) is 3. The van der Waals surface area contributed by atoms with Crippen LogP contribution in [0.1, 0.15) is 22.2 Å². The number of hydrogen-bond donors (Lipinski definition) is 2. The Morgan fingerprint density at radius 2 is 1.95 bits per heavy atom. The first-order valence-corrected chi connectivity index (χ1v) is 7.28. The van der Waals surface area contributed by atoms with Crippen molar-refractivity contribution in [2.45, 2.75) is 13.3 Å². The van der Waals surface area contributed by atoms with Crippen molar-refractivity contribution in [2.75, 3.05) is 11.9 Å². The summed E-state index contributed by atoms with van der Waals surface area (Å²) in [5.41, 5.74) is 1.87. The van der Waals surface area contributed by atoms with Crippen LogP contribution in [0.3, 0.4) is 0 Å². The lowest BCUT2D eigenvalue weighted by Crippen LogP contribution is -2.32. The number of aryl methyl sites for hydroxylation is 1. The monoisotopic (exact) mass is 288 g/mol. The maximum Gasteiger partial charge on any atom is 0.261 e. The summed E-state index contributed by atoms with van der Waals surface area (Å²) in [5, 5.41) is 7.24. The van der Waals surface area contributed by atoms with Gasteiger partial charge in [-0.05, 0) is 29.5 Å². The number of amides is 2. The average molecular weight is 288 g/mol. The van der Waals surface area contributed by atoms with Crippen molar-refractivity contribution in [3.05, 3.63) is 52.2 Å². The average Bonchev–Trinajstić information content (AvgIpc) is 2.99. The highest BCUT2D eigenvalue weighted by atomic mass is 32.1. The van der Waals surface area contributed by atoms with Gasteiger partial charge >= 0.3 is 0 Å². The summed E-state index contributed by atoms with van der Waals surface area (Å²) in [6, 6.07) is 11.2. The maximum absolute atomic E-state index is 11.8. The van der Waals surface area contributed by atoms with Crippen LogP contribution in [0.25, 0.3) is 0 Å². The van der Waals surface area contributed by atoms with Gasteiger partial charge in [-0.1, -0.05) is 31.2 Å². The van der Waals surface area contributed by atoms with Crippen LogP contribution in [-0.2, 0) is 11.2 Å². The Labute approximate surface area is 121 Å². The Kier molecular flexibility index (Phi) is 4.90. The summed E-state index contributed by atoms with van der Waals surface area (Å²) in [6.45, 7) is 2.00. The first-order chi connectivity index (χ1) is 9.70. The van der Waals surface area contributed by atoms with Crippen LogP contribution in [-0.4, -0.2) is 18.4 Å². The molecule has 20 heavy (non-hydrogen) atoms. The van der Waals surface area contributed by atoms with E-state index in [1.165, 1.54) is 11.3 Å². The molecule has 1 heterocycles. The molecule has 0 aliphatic rings. The van der Waals surface area contributed by atoms with E-state index in [0.29, 0.717) is 4.88 Å². The smallest absolute Gasteiger partial charge is 0.261 e. The summed E-state index contributed by atoms with van der Waals surface area (Å²) >= 11 is 1.35. The fourth-order valence-corrected chi connectivity index (χ4v) is 2.44. The van der Waals surface area contributed by atoms with E-state index in [1.54, 1.807) is 12.1 Å². The zero-order valence-corrected chi connectivity index (χ0v) is 12.0. The van der Waals surface area contributed by atoms with Crippen LogP contribution in [0.15, 0.2) is 41.8 Å². The molecule has 2 aromatic rings. The van der Waals surface area contributed by atoms with Gasteiger partial charge in [-0.2, -0.15) is 0 Å². The lowest BCUT2D eigenvalue weighted by Gasteiger charge is -2.10. The number of nitrogens with one attached hydrogen (secondary N) is 2. The first-order valence-electron chi connectivity index (χ1n) is 6.40. The number of anilines is 1. The van der Waals surface area contributed by atoms with Crippen molar-refractivity contribution in [1.29, 1.82) is 0 Å². The SMILES string of the molecule is CCc1ccccc1NC(=O)CNC(=O)c1cccs1. The van der Waals surface area contributed by atoms with Gasteiger partial charge in [-0.25, -0.2) is 0 Å². The van der Waals surface area contributed by atoms with Crippen molar-refractivity contribution >= 4 is 28.8 Å². The first kappa shape index (κ1) is 14.3. The number of carbonyl (C=O) groups is 2. The van der Waals surface area contributed by atoms with Gasteiger partial charge in [-0.15, -0.1) is 11.3 Å². The van der Waals surface area contributed by atoms with Crippen molar-refractivity contribution in [3.8, 4) is 0 Å². The van der Waals surface area contributed by atoms with E-state index in [-0.39, 0.29) is 18.4 Å². The summed E-state index contributed by atoms with van der Waals surface area (Å²) in [6.07, 6.45) is 0.845. The van der Waals surface area contributed by atoms with E-state index in [4.69, 9.17) is 0 Å². The van der Waals surface area contributed by atoms with Crippen LogP contribution in [0, 0.1) is 0 Å². The largest absolute Gasteiger partial charge is 0.342 e. The van der Waals surface area contributed by atoms with E-state index in [9.17, 15) is 9.59 Å². The lowest BCUT2D eigenvalue weighted by molar-refractivity contribution is -0.115. The Hall–Kier alpha value is -2.14. The zero-order chi connectivity index (χ0) is 14.4. The number of para-hydroxylation sites is 1. The van der Waals surface area contributed by atoms with Crippen molar-refractivity contribution in [3.63, 3.8) is 0 Å². The minimum absolute atomic E-state index is 0.0330. The number of thiophene rings is 1. The predicted molar refractivity (Wildman–Crippen MR) is 81.1 cm³/mol. The standard InChI is InChI=1S/C15H16N2O2S/c1-2-11-6-3-4-7-12(11)17-14(18)10-16-15(19)13-8-5-9-20-13/h3-9H,2,10H2,1H3,(H,16,19)(H,17,18). The molecule has 2 rings (SSSR count). The molecule has 0 unspecified atom stereocenters. The highest BCUT2D eigenvalue weighted by molar-refractivity contribution is 7.12. The lowest BCUT2D eigenvalue weighted by atomic mass is 10.1. The summed E-state index contributed by atoms with van der Waals surface area (Å²) in [5.74, 6) is -0.449. The second-order valence-electron chi connectivity index (χ2n) is 4.22. The molecule has 1 aromatic heterocycles. The number of benzene rings is 1. The zero-order valence-electron chi connectivity index (χ0n) is 11.2. The molecule has 0 saturated heterocycles. The molecule has 0 spiro atoms.